The third-order valence-corrected chi connectivity index (χ3v) is 3.41. The number of fused-ring (bicyclic) bond motifs is 1. The quantitative estimate of drug-likeness (QED) is 0.785. The van der Waals surface area contributed by atoms with Crippen molar-refractivity contribution in [1.82, 2.24) is 0 Å². The number of rotatable bonds is 2. The Labute approximate surface area is 124 Å². The molecule has 0 saturated heterocycles. The van der Waals surface area contributed by atoms with Crippen molar-refractivity contribution in [2.45, 2.75) is 6.92 Å². The molecule has 0 fully saturated rings. The number of aryl methyl sites for hydroxylation is 1. The maximum absolute atomic E-state index is 13.1. The van der Waals surface area contributed by atoms with Crippen LogP contribution in [-0.2, 0) is 0 Å². The zero-order chi connectivity index (χ0) is 15.9. The Morgan fingerprint density at radius 1 is 1.09 bits per heavy atom. The van der Waals surface area contributed by atoms with Gasteiger partial charge in [-0.1, -0.05) is 29.8 Å². The average molecular weight is 298 g/mol. The number of carboxylic acids is 1. The van der Waals surface area contributed by atoms with E-state index in [4.69, 9.17) is 4.42 Å². The molecule has 0 aliphatic carbocycles. The fourth-order valence-corrected chi connectivity index (χ4v) is 2.42. The molecule has 1 heterocycles. The van der Waals surface area contributed by atoms with E-state index in [0.29, 0.717) is 10.9 Å². The number of hydrogen-bond acceptors (Lipinski definition) is 3. The van der Waals surface area contributed by atoms with Crippen LogP contribution in [0.25, 0.3) is 21.9 Å². The lowest BCUT2D eigenvalue weighted by Crippen LogP contribution is -2.09. The van der Waals surface area contributed by atoms with Crippen LogP contribution in [0.15, 0.2) is 51.7 Å². The Morgan fingerprint density at radius 2 is 1.77 bits per heavy atom. The first-order valence-corrected chi connectivity index (χ1v) is 6.54. The highest BCUT2D eigenvalue weighted by atomic mass is 19.1. The van der Waals surface area contributed by atoms with Crippen LogP contribution in [-0.4, -0.2) is 11.1 Å². The first-order chi connectivity index (χ1) is 10.5. The summed E-state index contributed by atoms with van der Waals surface area (Å²) in [5.74, 6) is -2.23. The van der Waals surface area contributed by atoms with E-state index >= 15 is 0 Å². The van der Waals surface area contributed by atoms with Gasteiger partial charge in [-0.25, -0.2) is 14.0 Å². The molecule has 22 heavy (non-hydrogen) atoms. The van der Waals surface area contributed by atoms with Crippen LogP contribution < -0.4 is 5.63 Å². The van der Waals surface area contributed by atoms with Crippen LogP contribution >= 0.6 is 0 Å². The lowest BCUT2D eigenvalue weighted by Gasteiger charge is -2.10. The molecule has 0 unspecified atom stereocenters. The van der Waals surface area contributed by atoms with Gasteiger partial charge in [0.25, 0.3) is 0 Å². The number of carbonyl (C=O) groups is 1. The molecule has 0 amide bonds. The smallest absolute Gasteiger partial charge is 0.372 e. The molecule has 2 aromatic carbocycles. The molecule has 0 radical (unpaired) electrons. The van der Waals surface area contributed by atoms with Crippen LogP contribution in [0.1, 0.15) is 16.1 Å². The third-order valence-electron chi connectivity index (χ3n) is 3.41. The number of aromatic carboxylic acids is 1. The fourth-order valence-electron chi connectivity index (χ4n) is 2.42. The molecule has 0 aliphatic rings. The van der Waals surface area contributed by atoms with E-state index in [1.165, 1.54) is 24.3 Å². The topological polar surface area (TPSA) is 67.5 Å². The summed E-state index contributed by atoms with van der Waals surface area (Å²) in [7, 11) is 0. The highest BCUT2D eigenvalue weighted by Gasteiger charge is 2.20. The summed E-state index contributed by atoms with van der Waals surface area (Å²) in [5.41, 5.74) is 0.903. The standard InChI is InChI=1S/C17H11FO4/c1-9-2-7-12-13(8-9)14(10-3-5-11(18)6-4-10)15(16(19)20)22-17(12)21/h2-8H,1H3,(H,19,20). The number of halogens is 1. The molecule has 0 atom stereocenters. The Morgan fingerprint density at radius 3 is 2.41 bits per heavy atom. The molecular formula is C17H11FO4. The Balaban J connectivity index is 2.48. The van der Waals surface area contributed by atoms with Gasteiger partial charge in [-0.2, -0.15) is 0 Å². The average Bonchev–Trinajstić information content (AvgIpc) is 2.48. The fraction of sp³-hybridized carbons (Fsp3) is 0.0588. The molecule has 0 saturated carbocycles. The van der Waals surface area contributed by atoms with E-state index in [0.717, 1.165) is 5.56 Å². The van der Waals surface area contributed by atoms with E-state index in [1.807, 2.05) is 6.92 Å². The molecule has 1 aromatic heterocycles. The zero-order valence-electron chi connectivity index (χ0n) is 11.6. The van der Waals surface area contributed by atoms with Crippen molar-refractivity contribution < 1.29 is 18.7 Å². The zero-order valence-corrected chi connectivity index (χ0v) is 11.6. The van der Waals surface area contributed by atoms with Gasteiger partial charge in [0, 0.05) is 10.9 Å². The second-order valence-electron chi connectivity index (χ2n) is 4.95. The SMILES string of the molecule is Cc1ccc2c(=O)oc(C(=O)O)c(-c3ccc(F)cc3)c2c1. The van der Waals surface area contributed by atoms with Gasteiger partial charge >= 0.3 is 11.6 Å². The summed E-state index contributed by atoms with van der Waals surface area (Å²) in [6, 6.07) is 10.4. The Kier molecular flexibility index (Phi) is 3.25. The molecule has 3 rings (SSSR count). The second kappa shape index (κ2) is 5.11. The lowest BCUT2D eigenvalue weighted by atomic mass is 9.97. The molecular weight excluding hydrogens is 287 g/mol. The molecule has 0 aliphatic heterocycles. The summed E-state index contributed by atoms with van der Waals surface area (Å²) in [6.45, 7) is 1.84. The molecule has 110 valence electrons. The molecule has 0 spiro atoms. The number of hydrogen-bond donors (Lipinski definition) is 1. The van der Waals surface area contributed by atoms with E-state index in [2.05, 4.69) is 0 Å². The van der Waals surface area contributed by atoms with Gasteiger partial charge in [-0.3, -0.25) is 0 Å². The minimum atomic E-state index is -1.35. The Hall–Kier alpha value is -2.95. The van der Waals surface area contributed by atoms with Gasteiger partial charge in [0.05, 0.1) is 5.39 Å². The van der Waals surface area contributed by atoms with Crippen molar-refractivity contribution in [1.29, 1.82) is 0 Å². The Bertz CT molecular complexity index is 939. The monoisotopic (exact) mass is 298 g/mol. The maximum atomic E-state index is 13.1. The third kappa shape index (κ3) is 2.26. The van der Waals surface area contributed by atoms with E-state index in [9.17, 15) is 19.1 Å². The van der Waals surface area contributed by atoms with Gasteiger partial charge in [0.15, 0.2) is 0 Å². The first kappa shape index (κ1) is 14.0. The van der Waals surface area contributed by atoms with Gasteiger partial charge in [0.2, 0.25) is 5.76 Å². The molecule has 0 bridgehead atoms. The number of benzene rings is 2. The highest BCUT2D eigenvalue weighted by Crippen LogP contribution is 2.31. The minimum Gasteiger partial charge on any atom is -0.475 e. The normalized spacial score (nSPS) is 10.8. The molecule has 4 nitrogen and oxygen atoms in total. The van der Waals surface area contributed by atoms with Crippen molar-refractivity contribution in [2.24, 2.45) is 0 Å². The predicted molar refractivity (Wildman–Crippen MR) is 79.6 cm³/mol. The summed E-state index contributed by atoms with van der Waals surface area (Å²) >= 11 is 0. The van der Waals surface area contributed by atoms with Crippen molar-refractivity contribution in [3.63, 3.8) is 0 Å². The lowest BCUT2D eigenvalue weighted by molar-refractivity contribution is 0.0659. The van der Waals surface area contributed by atoms with Gasteiger partial charge in [0.1, 0.15) is 5.82 Å². The van der Waals surface area contributed by atoms with Crippen LogP contribution in [0, 0.1) is 12.7 Å². The number of carboxylic acid groups (broad SMARTS) is 1. The van der Waals surface area contributed by atoms with E-state index < -0.39 is 23.2 Å². The first-order valence-electron chi connectivity index (χ1n) is 6.54. The summed E-state index contributed by atoms with van der Waals surface area (Å²) < 4.78 is 18.1. The maximum Gasteiger partial charge on any atom is 0.372 e. The predicted octanol–water partition coefficient (Wildman–Crippen LogP) is 3.61. The minimum absolute atomic E-state index is 0.269. The van der Waals surface area contributed by atoms with Crippen LogP contribution in [0.2, 0.25) is 0 Å². The van der Waals surface area contributed by atoms with Crippen LogP contribution in [0.5, 0.6) is 0 Å². The van der Waals surface area contributed by atoms with Crippen LogP contribution in [0.3, 0.4) is 0 Å². The second-order valence-corrected chi connectivity index (χ2v) is 4.95. The van der Waals surface area contributed by atoms with Crippen molar-refractivity contribution in [3.8, 4) is 11.1 Å². The van der Waals surface area contributed by atoms with Crippen LogP contribution in [0.4, 0.5) is 4.39 Å². The van der Waals surface area contributed by atoms with Gasteiger partial charge < -0.3 is 9.52 Å². The van der Waals surface area contributed by atoms with E-state index in [1.54, 1.807) is 18.2 Å². The summed E-state index contributed by atoms with van der Waals surface area (Å²) in [4.78, 5) is 23.4. The molecule has 5 heteroatoms. The van der Waals surface area contributed by atoms with Gasteiger partial charge in [-0.05, 0) is 30.7 Å². The van der Waals surface area contributed by atoms with Crippen molar-refractivity contribution in [2.75, 3.05) is 0 Å². The van der Waals surface area contributed by atoms with Gasteiger partial charge in [-0.15, -0.1) is 0 Å². The van der Waals surface area contributed by atoms with Crippen molar-refractivity contribution in [3.05, 3.63) is 70.0 Å². The molecule has 1 N–H and O–H groups in total. The summed E-state index contributed by atoms with van der Waals surface area (Å²) in [5, 5.41) is 10.1. The molecule has 3 aromatic rings. The largest absolute Gasteiger partial charge is 0.475 e. The van der Waals surface area contributed by atoms with Crippen molar-refractivity contribution >= 4 is 16.7 Å². The summed E-state index contributed by atoms with van der Waals surface area (Å²) in [6.07, 6.45) is 0. The van der Waals surface area contributed by atoms with E-state index in [-0.39, 0.29) is 10.9 Å². The highest BCUT2D eigenvalue weighted by molar-refractivity contribution is 6.05.